The molecule has 24 heavy (non-hydrogen) atoms. The fourth-order valence-corrected chi connectivity index (χ4v) is 2.00. The number of amides is 1. The molecule has 1 aromatic rings. The molecule has 1 aromatic heterocycles. The highest BCUT2D eigenvalue weighted by Gasteiger charge is 2.19. The number of carbonyl (C=O) groups excluding carboxylic acids is 1. The Labute approximate surface area is 144 Å². The van der Waals surface area contributed by atoms with Crippen LogP contribution in [0.3, 0.4) is 0 Å². The van der Waals surface area contributed by atoms with E-state index in [1.54, 1.807) is 0 Å². The van der Waals surface area contributed by atoms with Crippen molar-refractivity contribution in [1.29, 1.82) is 0 Å². The number of nitrogens with zero attached hydrogens (tertiary/aromatic N) is 4. The van der Waals surface area contributed by atoms with Crippen molar-refractivity contribution in [2.45, 2.75) is 19.9 Å². The standard InChI is InChI=1S/C11H19ClN8O3S/c1-5(2)15-9-7(12)16-6(8(13)17-9)10(21)18-11(14)19-24(22,23)20(3)4/h5H,1-4H3,(H3,13,15,17)(H3,14,18,19,21). The lowest BCUT2D eigenvalue weighted by molar-refractivity contribution is 0.0972. The first-order chi connectivity index (χ1) is 10.9. The van der Waals surface area contributed by atoms with E-state index < -0.39 is 22.1 Å². The van der Waals surface area contributed by atoms with E-state index in [2.05, 4.69) is 25.0 Å². The van der Waals surface area contributed by atoms with E-state index in [9.17, 15) is 13.2 Å². The fourth-order valence-electron chi connectivity index (χ4n) is 1.36. The van der Waals surface area contributed by atoms with Crippen LogP contribution in [-0.2, 0) is 10.2 Å². The highest BCUT2D eigenvalue weighted by Crippen LogP contribution is 2.21. The van der Waals surface area contributed by atoms with Crippen LogP contribution in [0.4, 0.5) is 11.6 Å². The number of nitrogens with one attached hydrogen (secondary N) is 2. The van der Waals surface area contributed by atoms with Crippen LogP contribution in [-0.4, -0.2) is 54.7 Å². The van der Waals surface area contributed by atoms with Gasteiger partial charge >= 0.3 is 10.2 Å². The molecular formula is C11H19ClN8O3S. The Kier molecular flexibility index (Phi) is 6.29. The van der Waals surface area contributed by atoms with Crippen molar-refractivity contribution in [3.8, 4) is 0 Å². The molecule has 0 unspecified atom stereocenters. The molecule has 0 aromatic carbocycles. The van der Waals surface area contributed by atoms with Gasteiger partial charge in [0, 0.05) is 20.1 Å². The van der Waals surface area contributed by atoms with Crippen LogP contribution in [0.2, 0.25) is 5.15 Å². The van der Waals surface area contributed by atoms with Crippen molar-refractivity contribution in [1.82, 2.24) is 19.6 Å². The molecule has 0 saturated carbocycles. The van der Waals surface area contributed by atoms with Gasteiger partial charge in [0.25, 0.3) is 5.91 Å². The summed E-state index contributed by atoms with van der Waals surface area (Å²) in [6, 6.07) is 0.0231. The van der Waals surface area contributed by atoms with Gasteiger partial charge < -0.3 is 16.8 Å². The maximum absolute atomic E-state index is 12.1. The van der Waals surface area contributed by atoms with E-state index in [0.29, 0.717) is 0 Å². The summed E-state index contributed by atoms with van der Waals surface area (Å²) in [5.41, 5.74) is 10.8. The Balaban J connectivity index is 3.05. The molecule has 0 aliphatic heterocycles. The van der Waals surface area contributed by atoms with Gasteiger partial charge in [0.05, 0.1) is 0 Å². The van der Waals surface area contributed by atoms with Crippen molar-refractivity contribution >= 4 is 45.3 Å². The van der Waals surface area contributed by atoms with E-state index in [-0.39, 0.29) is 28.5 Å². The predicted molar refractivity (Wildman–Crippen MR) is 91.9 cm³/mol. The van der Waals surface area contributed by atoms with Crippen molar-refractivity contribution in [2.75, 3.05) is 25.1 Å². The summed E-state index contributed by atoms with van der Waals surface area (Å²) in [7, 11) is -1.46. The quantitative estimate of drug-likeness (QED) is 0.388. The van der Waals surface area contributed by atoms with E-state index in [1.165, 1.54) is 14.1 Å². The second-order valence-corrected chi connectivity index (χ2v) is 7.25. The smallest absolute Gasteiger partial charge is 0.325 e. The molecule has 0 bridgehead atoms. The van der Waals surface area contributed by atoms with Crippen LogP contribution in [0.5, 0.6) is 0 Å². The summed E-state index contributed by atoms with van der Waals surface area (Å²) < 4.78 is 27.1. The summed E-state index contributed by atoms with van der Waals surface area (Å²) in [6.07, 6.45) is 0. The van der Waals surface area contributed by atoms with Gasteiger partial charge in [-0.05, 0) is 13.8 Å². The van der Waals surface area contributed by atoms with Crippen molar-refractivity contribution < 1.29 is 13.2 Å². The SMILES string of the molecule is CC(C)Nc1nc(N)c(C(=O)NC(N)=NS(=O)(=O)N(C)C)nc1Cl. The topological polar surface area (TPSA) is 169 Å². The van der Waals surface area contributed by atoms with Gasteiger partial charge in [-0.15, -0.1) is 4.40 Å². The average Bonchev–Trinajstić information content (AvgIpc) is 2.40. The Bertz CT molecular complexity index is 763. The second-order valence-electron chi connectivity index (χ2n) is 5.09. The lowest BCUT2D eigenvalue weighted by Gasteiger charge is -2.13. The third-order valence-electron chi connectivity index (χ3n) is 2.44. The maximum atomic E-state index is 12.1. The third-order valence-corrected chi connectivity index (χ3v) is 4.05. The average molecular weight is 379 g/mol. The van der Waals surface area contributed by atoms with Crippen molar-refractivity contribution in [2.24, 2.45) is 10.1 Å². The Morgan fingerprint density at radius 2 is 1.92 bits per heavy atom. The number of aromatic nitrogens is 2. The van der Waals surface area contributed by atoms with Gasteiger partial charge in [0.15, 0.2) is 22.5 Å². The van der Waals surface area contributed by atoms with Crippen LogP contribution in [0, 0.1) is 0 Å². The van der Waals surface area contributed by atoms with Gasteiger partial charge in [-0.3, -0.25) is 10.1 Å². The third kappa shape index (κ3) is 5.18. The number of hydrogen-bond donors (Lipinski definition) is 4. The lowest BCUT2D eigenvalue weighted by atomic mass is 10.3. The number of guanidine groups is 1. The largest absolute Gasteiger partial charge is 0.382 e. The van der Waals surface area contributed by atoms with Gasteiger partial charge in [0.2, 0.25) is 5.96 Å². The first kappa shape index (κ1) is 19.9. The summed E-state index contributed by atoms with van der Waals surface area (Å²) in [5, 5.41) is 4.90. The summed E-state index contributed by atoms with van der Waals surface area (Å²) in [6.45, 7) is 3.72. The van der Waals surface area contributed by atoms with Gasteiger partial charge in [-0.2, -0.15) is 12.7 Å². The zero-order valence-corrected chi connectivity index (χ0v) is 15.1. The number of hydrogen-bond acceptors (Lipinski definition) is 7. The van der Waals surface area contributed by atoms with Crippen molar-refractivity contribution in [3.05, 3.63) is 10.8 Å². The van der Waals surface area contributed by atoms with E-state index in [4.69, 9.17) is 23.1 Å². The van der Waals surface area contributed by atoms with Gasteiger partial charge in [-0.1, -0.05) is 11.6 Å². The molecule has 0 aliphatic rings. The molecule has 13 heteroatoms. The van der Waals surface area contributed by atoms with E-state index >= 15 is 0 Å². The number of halogens is 1. The minimum atomic E-state index is -3.99. The summed E-state index contributed by atoms with van der Waals surface area (Å²) in [4.78, 5) is 19.9. The molecule has 0 radical (unpaired) electrons. The van der Waals surface area contributed by atoms with E-state index in [0.717, 1.165) is 4.31 Å². The maximum Gasteiger partial charge on any atom is 0.325 e. The van der Waals surface area contributed by atoms with Crippen LogP contribution >= 0.6 is 11.6 Å². The molecule has 134 valence electrons. The molecular weight excluding hydrogens is 360 g/mol. The number of nitrogen functional groups attached to an aromatic ring is 1. The molecule has 6 N–H and O–H groups in total. The predicted octanol–water partition coefficient (Wildman–Crippen LogP) is -0.617. The van der Waals surface area contributed by atoms with Crippen LogP contribution < -0.4 is 22.1 Å². The lowest BCUT2D eigenvalue weighted by Crippen LogP contribution is -2.39. The minimum absolute atomic E-state index is 0.0231. The molecule has 11 nitrogen and oxygen atoms in total. The van der Waals surface area contributed by atoms with Crippen LogP contribution in [0.15, 0.2) is 4.40 Å². The van der Waals surface area contributed by atoms with Crippen LogP contribution in [0.25, 0.3) is 0 Å². The zero-order valence-electron chi connectivity index (χ0n) is 13.5. The highest BCUT2D eigenvalue weighted by molar-refractivity contribution is 7.87. The Hall–Kier alpha value is -2.18. The molecule has 1 amide bonds. The fraction of sp³-hybridized carbons (Fsp3) is 0.455. The molecule has 0 aliphatic carbocycles. The molecule has 1 rings (SSSR count). The molecule has 0 fully saturated rings. The molecule has 0 atom stereocenters. The summed E-state index contributed by atoms with van der Waals surface area (Å²) >= 11 is 5.94. The molecule has 1 heterocycles. The van der Waals surface area contributed by atoms with Crippen LogP contribution in [0.1, 0.15) is 24.3 Å². The molecule has 0 saturated heterocycles. The van der Waals surface area contributed by atoms with Gasteiger partial charge in [0.1, 0.15) is 0 Å². The highest BCUT2D eigenvalue weighted by atomic mass is 35.5. The van der Waals surface area contributed by atoms with Gasteiger partial charge in [-0.25, -0.2) is 9.97 Å². The Morgan fingerprint density at radius 1 is 1.33 bits per heavy atom. The normalized spacial score (nSPS) is 12.5. The van der Waals surface area contributed by atoms with Crippen molar-refractivity contribution in [3.63, 3.8) is 0 Å². The van der Waals surface area contributed by atoms with E-state index in [1.807, 2.05) is 13.8 Å². The molecule has 0 spiro atoms. The number of rotatable bonds is 5. The minimum Gasteiger partial charge on any atom is -0.382 e. The first-order valence-electron chi connectivity index (χ1n) is 6.62. The number of anilines is 2. The number of nitrogens with two attached hydrogens (primary N) is 2. The monoisotopic (exact) mass is 378 g/mol. The first-order valence-corrected chi connectivity index (χ1v) is 8.40. The summed E-state index contributed by atoms with van der Waals surface area (Å²) in [5.74, 6) is -1.52. The Morgan fingerprint density at radius 3 is 2.42 bits per heavy atom. The zero-order chi connectivity index (χ0) is 18.7. The second kappa shape index (κ2) is 7.59. The number of carbonyl (C=O) groups is 1.